The highest BCUT2D eigenvalue weighted by Gasteiger charge is 2.12. The number of fused-ring (bicyclic) bond motifs is 1. The molecule has 0 saturated carbocycles. The lowest BCUT2D eigenvalue weighted by atomic mass is 10.2. The maximum Gasteiger partial charge on any atom is 0.266 e. The van der Waals surface area contributed by atoms with Gasteiger partial charge in [0.25, 0.3) is 5.56 Å². The first kappa shape index (κ1) is 14.6. The van der Waals surface area contributed by atoms with Gasteiger partial charge in [0.2, 0.25) is 0 Å². The van der Waals surface area contributed by atoms with Crippen LogP contribution in [0.1, 0.15) is 5.56 Å². The van der Waals surface area contributed by atoms with Crippen molar-refractivity contribution in [3.05, 3.63) is 77.1 Å². The first-order chi connectivity index (χ1) is 10.7. The van der Waals surface area contributed by atoms with E-state index in [0.717, 1.165) is 16.8 Å². The average molecular weight is 308 g/mol. The molecular formula is C18H16N2OS. The van der Waals surface area contributed by atoms with E-state index in [1.807, 2.05) is 61.5 Å². The van der Waals surface area contributed by atoms with Gasteiger partial charge in [-0.2, -0.15) is 0 Å². The Balaban J connectivity index is 2.29. The summed E-state index contributed by atoms with van der Waals surface area (Å²) in [5.74, 6) is 0.705. The summed E-state index contributed by atoms with van der Waals surface area (Å²) in [6.07, 6.45) is 1.81. The minimum absolute atomic E-state index is 0.0407. The van der Waals surface area contributed by atoms with E-state index in [4.69, 9.17) is 0 Å². The zero-order valence-corrected chi connectivity index (χ0v) is 13.1. The predicted molar refractivity (Wildman–Crippen MR) is 93.0 cm³/mol. The van der Waals surface area contributed by atoms with Crippen molar-refractivity contribution in [1.29, 1.82) is 0 Å². The van der Waals surface area contributed by atoms with Gasteiger partial charge in [-0.1, -0.05) is 47.7 Å². The Morgan fingerprint density at radius 2 is 1.91 bits per heavy atom. The van der Waals surface area contributed by atoms with Gasteiger partial charge in [-0.05, 0) is 31.2 Å². The van der Waals surface area contributed by atoms with Crippen LogP contribution in [0.5, 0.6) is 0 Å². The van der Waals surface area contributed by atoms with Gasteiger partial charge in [-0.3, -0.25) is 9.36 Å². The number of rotatable bonds is 4. The molecule has 0 amide bonds. The van der Waals surface area contributed by atoms with E-state index in [9.17, 15) is 4.79 Å². The van der Waals surface area contributed by atoms with E-state index in [1.54, 1.807) is 4.57 Å². The summed E-state index contributed by atoms with van der Waals surface area (Å²) >= 11 is 1.51. The van der Waals surface area contributed by atoms with Crippen LogP contribution in [-0.4, -0.2) is 15.3 Å². The molecule has 0 saturated heterocycles. The maximum absolute atomic E-state index is 12.9. The fraction of sp³-hybridized carbons (Fsp3) is 0.111. The molecule has 0 bridgehead atoms. The van der Waals surface area contributed by atoms with Crippen LogP contribution < -0.4 is 5.56 Å². The zero-order valence-electron chi connectivity index (χ0n) is 12.3. The summed E-state index contributed by atoms with van der Waals surface area (Å²) < 4.78 is 1.68. The third kappa shape index (κ3) is 2.70. The first-order valence-electron chi connectivity index (χ1n) is 7.03. The molecule has 0 radical (unpaired) electrons. The molecule has 0 spiro atoms. The number of thioether (sulfide) groups is 1. The van der Waals surface area contributed by atoms with Gasteiger partial charge in [0.05, 0.1) is 16.6 Å². The third-order valence-electron chi connectivity index (χ3n) is 3.37. The second-order valence-electron chi connectivity index (χ2n) is 4.99. The largest absolute Gasteiger partial charge is 0.268 e. The highest BCUT2D eigenvalue weighted by atomic mass is 32.2. The highest BCUT2D eigenvalue weighted by Crippen LogP contribution is 2.21. The molecule has 110 valence electrons. The third-order valence-corrected chi connectivity index (χ3v) is 4.30. The monoisotopic (exact) mass is 308 g/mol. The summed E-state index contributed by atoms with van der Waals surface area (Å²) in [5.41, 5.74) is 2.68. The van der Waals surface area contributed by atoms with Crippen molar-refractivity contribution >= 4 is 22.7 Å². The Kier molecular flexibility index (Phi) is 4.11. The van der Waals surface area contributed by atoms with Crippen LogP contribution >= 0.6 is 11.8 Å². The summed E-state index contributed by atoms with van der Waals surface area (Å²) in [6, 6.07) is 15.3. The number of aryl methyl sites for hydroxylation is 1. The number of para-hydroxylation sites is 1. The minimum atomic E-state index is -0.0407. The number of nitrogens with zero attached hydrogens (tertiary/aromatic N) is 2. The molecule has 0 aliphatic heterocycles. The number of aromatic nitrogens is 2. The minimum Gasteiger partial charge on any atom is -0.268 e. The molecule has 0 N–H and O–H groups in total. The van der Waals surface area contributed by atoms with Gasteiger partial charge < -0.3 is 0 Å². The molecule has 0 aliphatic carbocycles. The van der Waals surface area contributed by atoms with Crippen molar-refractivity contribution in [1.82, 2.24) is 9.55 Å². The quantitative estimate of drug-likeness (QED) is 0.415. The van der Waals surface area contributed by atoms with E-state index >= 15 is 0 Å². The summed E-state index contributed by atoms with van der Waals surface area (Å²) in [6.45, 7) is 5.76. The molecule has 1 aromatic heterocycles. The topological polar surface area (TPSA) is 34.9 Å². The second kappa shape index (κ2) is 6.20. The van der Waals surface area contributed by atoms with Crippen molar-refractivity contribution < 1.29 is 0 Å². The molecule has 3 nitrogen and oxygen atoms in total. The van der Waals surface area contributed by atoms with Crippen LogP contribution in [-0.2, 0) is 0 Å². The summed E-state index contributed by atoms with van der Waals surface area (Å²) in [7, 11) is 0. The van der Waals surface area contributed by atoms with Crippen LogP contribution in [0.2, 0.25) is 0 Å². The van der Waals surface area contributed by atoms with Crippen LogP contribution in [0.4, 0.5) is 0 Å². The number of hydrogen-bond donors (Lipinski definition) is 0. The molecule has 3 rings (SSSR count). The molecule has 0 aliphatic rings. The average Bonchev–Trinajstić information content (AvgIpc) is 2.54. The molecule has 22 heavy (non-hydrogen) atoms. The fourth-order valence-electron chi connectivity index (χ4n) is 2.26. The number of benzene rings is 2. The first-order valence-corrected chi connectivity index (χ1v) is 8.02. The van der Waals surface area contributed by atoms with Gasteiger partial charge in [-0.25, -0.2) is 4.98 Å². The van der Waals surface area contributed by atoms with E-state index in [-0.39, 0.29) is 5.56 Å². The Labute approximate surface area is 133 Å². The maximum atomic E-state index is 12.9. The van der Waals surface area contributed by atoms with Crippen molar-refractivity contribution in [2.45, 2.75) is 12.1 Å². The lowest BCUT2D eigenvalue weighted by Gasteiger charge is -2.12. The van der Waals surface area contributed by atoms with Crippen LogP contribution in [0.25, 0.3) is 16.6 Å². The molecule has 2 aromatic carbocycles. The van der Waals surface area contributed by atoms with Crippen molar-refractivity contribution in [3.63, 3.8) is 0 Å². The summed E-state index contributed by atoms with van der Waals surface area (Å²) in [4.78, 5) is 17.5. The van der Waals surface area contributed by atoms with Gasteiger partial charge >= 0.3 is 0 Å². The molecule has 3 aromatic rings. The van der Waals surface area contributed by atoms with E-state index in [0.29, 0.717) is 16.3 Å². The summed E-state index contributed by atoms with van der Waals surface area (Å²) in [5, 5.41) is 1.32. The smallest absolute Gasteiger partial charge is 0.266 e. The van der Waals surface area contributed by atoms with Crippen molar-refractivity contribution in [2.75, 3.05) is 5.75 Å². The van der Waals surface area contributed by atoms with Crippen molar-refractivity contribution in [3.8, 4) is 5.69 Å². The Morgan fingerprint density at radius 1 is 1.18 bits per heavy atom. The van der Waals surface area contributed by atoms with E-state index in [1.165, 1.54) is 11.8 Å². The zero-order chi connectivity index (χ0) is 15.5. The lowest BCUT2D eigenvalue weighted by Crippen LogP contribution is -2.21. The van der Waals surface area contributed by atoms with E-state index in [2.05, 4.69) is 11.6 Å². The molecule has 4 heteroatoms. The van der Waals surface area contributed by atoms with Crippen LogP contribution in [0, 0.1) is 6.92 Å². The number of hydrogen-bond acceptors (Lipinski definition) is 3. The van der Waals surface area contributed by atoms with Crippen LogP contribution in [0.15, 0.2) is 71.1 Å². The standard InChI is InChI=1S/C18H16N2OS/c1-3-12-22-18-19-16-7-5-4-6-15(16)17(21)20(18)14-10-8-13(2)9-11-14/h3-11H,1,12H2,2H3. The molecule has 1 heterocycles. The highest BCUT2D eigenvalue weighted by molar-refractivity contribution is 7.99. The molecule has 0 atom stereocenters. The Morgan fingerprint density at radius 3 is 2.64 bits per heavy atom. The van der Waals surface area contributed by atoms with Gasteiger partial charge in [0, 0.05) is 5.75 Å². The van der Waals surface area contributed by atoms with Crippen LogP contribution in [0.3, 0.4) is 0 Å². The Hall–Kier alpha value is -2.33. The Bertz CT molecular complexity index is 882. The van der Waals surface area contributed by atoms with Crippen molar-refractivity contribution in [2.24, 2.45) is 0 Å². The molecule has 0 unspecified atom stereocenters. The SMILES string of the molecule is C=CCSc1nc2ccccc2c(=O)n1-c1ccc(C)cc1. The molecular weight excluding hydrogens is 292 g/mol. The normalized spacial score (nSPS) is 10.8. The van der Waals surface area contributed by atoms with Gasteiger partial charge in [-0.15, -0.1) is 6.58 Å². The van der Waals surface area contributed by atoms with Gasteiger partial charge in [0.1, 0.15) is 0 Å². The van der Waals surface area contributed by atoms with E-state index < -0.39 is 0 Å². The molecule has 0 fully saturated rings. The fourth-order valence-corrected chi connectivity index (χ4v) is 3.01. The predicted octanol–water partition coefficient (Wildman–Crippen LogP) is 3.97. The lowest BCUT2D eigenvalue weighted by molar-refractivity contribution is 0.820. The van der Waals surface area contributed by atoms with Gasteiger partial charge in [0.15, 0.2) is 5.16 Å². The second-order valence-corrected chi connectivity index (χ2v) is 5.97.